The molecule has 0 fully saturated rings. The van der Waals surface area contributed by atoms with E-state index in [0.717, 1.165) is 0 Å². The molecule has 0 radical (unpaired) electrons. The van der Waals surface area contributed by atoms with Crippen LogP contribution in [0, 0.1) is 5.82 Å². The van der Waals surface area contributed by atoms with E-state index in [1.165, 1.54) is 6.07 Å². The predicted octanol–water partition coefficient (Wildman–Crippen LogP) is 2.73. The van der Waals surface area contributed by atoms with Crippen LogP contribution in [0.2, 0.25) is 0 Å². The number of halogens is 2. The average molecular weight is 216 g/mol. The molecule has 0 aliphatic heterocycles. The molecule has 0 aliphatic rings. The van der Waals surface area contributed by atoms with E-state index in [-0.39, 0.29) is 11.3 Å². The number of rotatable bonds is 0. The maximum absolute atomic E-state index is 12.9. The maximum atomic E-state index is 12.9. The van der Waals surface area contributed by atoms with Crippen molar-refractivity contribution in [1.82, 2.24) is 4.98 Å². The molecule has 0 spiro atoms. The Hall–Kier alpha value is -0.900. The molecule has 56 valence electrons. The second kappa shape index (κ2) is 2.30. The number of para-hydroxylation sites is 1. The number of benzene rings is 1. The fourth-order valence-corrected chi connectivity index (χ4v) is 1.24. The highest BCUT2D eigenvalue weighted by Crippen LogP contribution is 2.20. The second-order valence-electron chi connectivity index (χ2n) is 2.05. The van der Waals surface area contributed by atoms with Gasteiger partial charge in [0.15, 0.2) is 11.4 Å². The Morgan fingerprint density at radius 1 is 1.45 bits per heavy atom. The predicted molar refractivity (Wildman–Crippen MR) is 41.7 cm³/mol. The molecule has 2 aromatic rings. The first-order chi connectivity index (χ1) is 5.27. The molecule has 0 unspecified atom stereocenters. The first kappa shape index (κ1) is 6.79. The summed E-state index contributed by atoms with van der Waals surface area (Å²) in [4.78, 5) is 4.09. The summed E-state index contributed by atoms with van der Waals surface area (Å²) in [6.07, 6.45) is 0. The normalized spacial score (nSPS) is 10.7. The molecule has 0 N–H and O–H groups in total. The Labute approximate surface area is 70.2 Å². The number of oxazole rings is 1. The van der Waals surface area contributed by atoms with Crippen LogP contribution in [0.25, 0.3) is 11.1 Å². The lowest BCUT2D eigenvalue weighted by atomic mass is 10.3. The van der Waals surface area contributed by atoms with E-state index in [4.69, 9.17) is 4.42 Å². The van der Waals surface area contributed by atoms with Crippen LogP contribution in [-0.2, 0) is 0 Å². The molecule has 0 atom stereocenters. The number of fused-ring (bicyclic) bond motifs is 1. The summed E-state index contributed by atoms with van der Waals surface area (Å²) < 4.78 is 17.9. The summed E-state index contributed by atoms with van der Waals surface area (Å²) >= 11 is 3.01. The molecule has 0 amide bonds. The summed E-state index contributed by atoms with van der Waals surface area (Å²) in [5.41, 5.74) is 0.719. The number of aromatic nitrogens is 1. The molecule has 11 heavy (non-hydrogen) atoms. The Bertz CT molecular complexity index is 398. The van der Waals surface area contributed by atoms with E-state index >= 15 is 0 Å². The van der Waals surface area contributed by atoms with E-state index in [1.807, 2.05) is 0 Å². The maximum Gasteiger partial charge on any atom is 0.265 e. The number of hydrogen-bond acceptors (Lipinski definition) is 2. The summed E-state index contributed by atoms with van der Waals surface area (Å²) in [6.45, 7) is 0. The smallest absolute Gasteiger partial charge is 0.265 e. The van der Waals surface area contributed by atoms with Crippen LogP contribution in [0.1, 0.15) is 0 Å². The molecule has 1 aromatic carbocycles. The van der Waals surface area contributed by atoms with E-state index in [2.05, 4.69) is 20.9 Å². The van der Waals surface area contributed by atoms with Crippen molar-refractivity contribution in [2.24, 2.45) is 0 Å². The van der Waals surface area contributed by atoms with Gasteiger partial charge in [0.25, 0.3) is 4.80 Å². The van der Waals surface area contributed by atoms with Crippen LogP contribution < -0.4 is 0 Å². The molecule has 0 saturated heterocycles. The van der Waals surface area contributed by atoms with Crippen molar-refractivity contribution < 1.29 is 8.81 Å². The molecule has 0 saturated carbocycles. The molecule has 2 rings (SSSR count). The Morgan fingerprint density at radius 2 is 2.27 bits per heavy atom. The van der Waals surface area contributed by atoms with Gasteiger partial charge in [-0.05, 0) is 12.1 Å². The minimum atomic E-state index is -0.364. The van der Waals surface area contributed by atoms with Gasteiger partial charge in [-0.2, -0.15) is 0 Å². The molecule has 0 aliphatic carbocycles. The van der Waals surface area contributed by atoms with E-state index in [1.54, 1.807) is 12.1 Å². The van der Waals surface area contributed by atoms with Gasteiger partial charge in [0.2, 0.25) is 0 Å². The highest BCUT2D eigenvalue weighted by molar-refractivity contribution is 9.10. The van der Waals surface area contributed by atoms with Gasteiger partial charge in [-0.3, -0.25) is 0 Å². The molecule has 0 bridgehead atoms. The third kappa shape index (κ3) is 1.03. The van der Waals surface area contributed by atoms with Gasteiger partial charge < -0.3 is 4.42 Å². The van der Waals surface area contributed by atoms with Crippen molar-refractivity contribution in [2.75, 3.05) is 0 Å². The van der Waals surface area contributed by atoms with Gasteiger partial charge >= 0.3 is 0 Å². The lowest BCUT2D eigenvalue weighted by Gasteiger charge is -1.85. The van der Waals surface area contributed by atoms with Gasteiger partial charge in [0, 0.05) is 15.9 Å². The van der Waals surface area contributed by atoms with Crippen molar-refractivity contribution >= 4 is 27.0 Å². The zero-order valence-electron chi connectivity index (χ0n) is 5.34. The quantitative estimate of drug-likeness (QED) is 0.676. The highest BCUT2D eigenvalue weighted by atomic mass is 79.9. The van der Waals surface area contributed by atoms with Gasteiger partial charge in [-0.1, -0.05) is 6.07 Å². The zero-order chi connectivity index (χ0) is 7.84. The Morgan fingerprint density at radius 3 is 3.00 bits per heavy atom. The van der Waals surface area contributed by atoms with Crippen molar-refractivity contribution in [2.45, 2.75) is 0 Å². The van der Waals surface area contributed by atoms with Gasteiger partial charge in [-0.25, -0.2) is 9.37 Å². The van der Waals surface area contributed by atoms with Gasteiger partial charge in [0.05, 0.1) is 0 Å². The Kier molecular flexibility index (Phi) is 1.42. The fraction of sp³-hybridized carbons (Fsp3) is 0. The largest absolute Gasteiger partial charge is 0.431 e. The van der Waals surface area contributed by atoms with Crippen molar-refractivity contribution in [3.05, 3.63) is 28.8 Å². The van der Waals surface area contributed by atoms with E-state index in [0.29, 0.717) is 10.4 Å². The highest BCUT2D eigenvalue weighted by Gasteiger charge is 2.06. The van der Waals surface area contributed by atoms with Crippen molar-refractivity contribution in [1.29, 1.82) is 0 Å². The Balaban J connectivity index is 2.90. The number of nitrogens with zero attached hydrogens (tertiary/aromatic N) is 1. The average Bonchev–Trinajstić information content (AvgIpc) is 2.31. The van der Waals surface area contributed by atoms with Gasteiger partial charge in [-0.15, -0.1) is 0 Å². The standard InChI is InChI=1S/C7H3BrFNO/c8-7-10-6-4(9)2-1-3-5(6)11-7/h1-3H. The first-order valence-corrected chi connectivity index (χ1v) is 3.77. The minimum Gasteiger partial charge on any atom is -0.431 e. The molecule has 4 heteroatoms. The minimum absolute atomic E-state index is 0.263. The lowest BCUT2D eigenvalue weighted by molar-refractivity contribution is 0.570. The summed E-state index contributed by atoms with van der Waals surface area (Å²) in [5, 5.41) is 0. The van der Waals surface area contributed by atoms with Crippen molar-refractivity contribution in [3.63, 3.8) is 0 Å². The third-order valence-corrected chi connectivity index (χ3v) is 1.68. The summed E-state index contributed by atoms with van der Waals surface area (Å²) in [7, 11) is 0. The molecule has 1 aromatic heterocycles. The van der Waals surface area contributed by atoms with Crippen LogP contribution in [0.3, 0.4) is 0 Å². The molecule has 2 nitrogen and oxygen atoms in total. The first-order valence-electron chi connectivity index (χ1n) is 2.98. The summed E-state index contributed by atoms with van der Waals surface area (Å²) in [5.74, 6) is -0.364. The fourth-order valence-electron chi connectivity index (χ4n) is 0.888. The van der Waals surface area contributed by atoms with Crippen LogP contribution >= 0.6 is 15.9 Å². The summed E-state index contributed by atoms with van der Waals surface area (Å²) in [6, 6.07) is 4.59. The van der Waals surface area contributed by atoms with Crippen LogP contribution in [0.15, 0.2) is 27.4 Å². The molecular weight excluding hydrogens is 213 g/mol. The zero-order valence-corrected chi connectivity index (χ0v) is 6.93. The molecule has 1 heterocycles. The SMILES string of the molecule is Fc1cccc2oc(Br)nc12. The van der Waals surface area contributed by atoms with Crippen LogP contribution in [0.4, 0.5) is 4.39 Å². The van der Waals surface area contributed by atoms with Gasteiger partial charge in [0.1, 0.15) is 5.52 Å². The lowest BCUT2D eigenvalue weighted by Crippen LogP contribution is -1.74. The van der Waals surface area contributed by atoms with E-state index < -0.39 is 0 Å². The van der Waals surface area contributed by atoms with E-state index in [9.17, 15) is 4.39 Å². The third-order valence-electron chi connectivity index (χ3n) is 1.34. The van der Waals surface area contributed by atoms with Crippen LogP contribution in [-0.4, -0.2) is 4.98 Å². The number of hydrogen-bond donors (Lipinski definition) is 0. The molecular formula is C7H3BrFNO. The monoisotopic (exact) mass is 215 g/mol. The van der Waals surface area contributed by atoms with Crippen molar-refractivity contribution in [3.8, 4) is 0 Å². The van der Waals surface area contributed by atoms with Crippen LogP contribution in [0.5, 0.6) is 0 Å². The second-order valence-corrected chi connectivity index (χ2v) is 2.73. The topological polar surface area (TPSA) is 26.0 Å².